The van der Waals surface area contributed by atoms with Gasteiger partial charge < -0.3 is 0 Å². The van der Waals surface area contributed by atoms with Crippen molar-refractivity contribution in [3.05, 3.63) is 108 Å². The Labute approximate surface area is 209 Å². The van der Waals surface area contributed by atoms with Crippen LogP contribution in [0.2, 0.25) is 0 Å². The average Bonchev–Trinajstić information content (AvgIpc) is 2.79. The van der Waals surface area contributed by atoms with E-state index in [1.165, 1.54) is 46.3 Å². The summed E-state index contributed by atoms with van der Waals surface area (Å²) in [5.74, 6) is 2.54. The van der Waals surface area contributed by atoms with Gasteiger partial charge in [0.15, 0.2) is 0 Å². The average molecular weight is 455 g/mol. The van der Waals surface area contributed by atoms with Gasteiger partial charge >= 0.3 is 0 Å². The summed E-state index contributed by atoms with van der Waals surface area (Å²) < 4.78 is 0. The lowest BCUT2D eigenvalue weighted by Gasteiger charge is -2.47. The molecule has 0 heteroatoms. The number of hydrogen-bond acceptors (Lipinski definition) is 0. The second-order valence-corrected chi connectivity index (χ2v) is 11.7. The lowest BCUT2D eigenvalue weighted by Crippen LogP contribution is -2.37. The zero-order valence-corrected chi connectivity index (χ0v) is 22.4. The minimum Gasteiger partial charge on any atom is -0.0998 e. The molecule has 2 aromatic rings. The predicted octanol–water partition coefficient (Wildman–Crippen LogP) is 9.55. The maximum absolute atomic E-state index is 4.70. The smallest absolute Gasteiger partial charge is 0.00697 e. The Morgan fingerprint density at radius 3 is 2.21 bits per heavy atom. The highest BCUT2D eigenvalue weighted by Crippen LogP contribution is 2.52. The third-order valence-corrected chi connectivity index (χ3v) is 8.62. The molecule has 0 spiro atoms. The van der Waals surface area contributed by atoms with Gasteiger partial charge in [0.1, 0.15) is 0 Å². The molecule has 0 nitrogen and oxygen atoms in total. The highest BCUT2D eigenvalue weighted by atomic mass is 14.5. The molecule has 0 bridgehead atoms. The molecular weight excluding hydrogens is 408 g/mol. The van der Waals surface area contributed by atoms with Crippen molar-refractivity contribution < 1.29 is 0 Å². The van der Waals surface area contributed by atoms with Crippen LogP contribution >= 0.6 is 0 Å². The Morgan fingerprint density at radius 1 is 0.941 bits per heavy atom. The molecule has 1 unspecified atom stereocenters. The lowest BCUT2D eigenvalue weighted by molar-refractivity contribution is 0.0828. The molecular formula is C34H46. The van der Waals surface area contributed by atoms with Crippen molar-refractivity contribution in [2.24, 2.45) is 29.1 Å². The largest absolute Gasteiger partial charge is 0.0998 e. The molecule has 0 aliphatic heterocycles. The number of rotatable bonds is 10. The van der Waals surface area contributed by atoms with E-state index in [0.717, 1.165) is 31.6 Å². The summed E-state index contributed by atoms with van der Waals surface area (Å²) in [6.45, 7) is 25.3. The predicted molar refractivity (Wildman–Crippen MR) is 150 cm³/mol. The van der Waals surface area contributed by atoms with Gasteiger partial charge in [-0.15, -0.1) is 0 Å². The molecule has 5 atom stereocenters. The van der Waals surface area contributed by atoms with Crippen LogP contribution in [0.25, 0.3) is 0 Å². The zero-order chi connectivity index (χ0) is 24.9. The van der Waals surface area contributed by atoms with E-state index in [4.69, 9.17) is 6.58 Å². The molecule has 34 heavy (non-hydrogen) atoms. The first-order valence-corrected chi connectivity index (χ1v) is 13.2. The second-order valence-electron chi connectivity index (χ2n) is 11.7. The van der Waals surface area contributed by atoms with Crippen molar-refractivity contribution >= 4 is 0 Å². The van der Waals surface area contributed by atoms with Gasteiger partial charge in [0.05, 0.1) is 0 Å². The SMILES string of the molecule is C=C(Cc1ccc(C)cc1)C[C@H]1C[C@@](C)(C(=C)CC(Cc2ccccc2)C(=C)C)C[C@@H](C)[C@@H]1C. The van der Waals surface area contributed by atoms with Crippen molar-refractivity contribution in [2.75, 3.05) is 0 Å². The van der Waals surface area contributed by atoms with Crippen LogP contribution in [0.5, 0.6) is 0 Å². The maximum atomic E-state index is 4.70. The Morgan fingerprint density at radius 2 is 1.59 bits per heavy atom. The molecule has 0 amide bonds. The first-order chi connectivity index (χ1) is 16.1. The molecule has 0 aromatic heterocycles. The lowest BCUT2D eigenvalue weighted by atomic mass is 9.58. The third kappa shape index (κ3) is 6.84. The van der Waals surface area contributed by atoms with Gasteiger partial charge in [0.25, 0.3) is 0 Å². The number of hydrogen-bond donors (Lipinski definition) is 0. The van der Waals surface area contributed by atoms with Crippen molar-refractivity contribution in [3.8, 4) is 0 Å². The highest BCUT2D eigenvalue weighted by Gasteiger charge is 2.41. The van der Waals surface area contributed by atoms with Crippen LogP contribution in [0.15, 0.2) is 91.1 Å². The molecule has 0 radical (unpaired) electrons. The van der Waals surface area contributed by atoms with E-state index in [1.807, 2.05) is 0 Å². The van der Waals surface area contributed by atoms with Gasteiger partial charge in [-0.3, -0.25) is 0 Å². The molecule has 0 heterocycles. The summed E-state index contributed by atoms with van der Waals surface area (Å²) in [5.41, 5.74) is 8.34. The first-order valence-electron chi connectivity index (χ1n) is 13.2. The van der Waals surface area contributed by atoms with Crippen LogP contribution < -0.4 is 0 Å². The van der Waals surface area contributed by atoms with E-state index >= 15 is 0 Å². The van der Waals surface area contributed by atoms with Crippen LogP contribution in [0.1, 0.15) is 70.1 Å². The van der Waals surface area contributed by atoms with E-state index < -0.39 is 0 Å². The first kappa shape index (κ1) is 26.3. The Hall–Kier alpha value is -2.34. The quantitative estimate of drug-likeness (QED) is 0.313. The minimum atomic E-state index is 0.186. The van der Waals surface area contributed by atoms with Crippen LogP contribution in [0.4, 0.5) is 0 Å². The zero-order valence-electron chi connectivity index (χ0n) is 22.4. The molecule has 1 saturated carbocycles. The van der Waals surface area contributed by atoms with E-state index in [1.54, 1.807) is 0 Å². The van der Waals surface area contributed by atoms with Crippen LogP contribution in [0, 0.1) is 36.0 Å². The van der Waals surface area contributed by atoms with Gasteiger partial charge in [-0.2, -0.15) is 0 Å². The van der Waals surface area contributed by atoms with Gasteiger partial charge in [-0.25, -0.2) is 0 Å². The summed E-state index contributed by atoms with van der Waals surface area (Å²) >= 11 is 0. The minimum absolute atomic E-state index is 0.186. The highest BCUT2D eigenvalue weighted by molar-refractivity contribution is 5.26. The third-order valence-electron chi connectivity index (χ3n) is 8.62. The van der Waals surface area contributed by atoms with E-state index in [-0.39, 0.29) is 5.41 Å². The van der Waals surface area contributed by atoms with E-state index in [2.05, 4.69) is 102 Å². The van der Waals surface area contributed by atoms with Crippen molar-refractivity contribution in [1.82, 2.24) is 0 Å². The molecule has 182 valence electrons. The molecule has 1 aliphatic rings. The number of benzene rings is 2. The van der Waals surface area contributed by atoms with Crippen molar-refractivity contribution in [2.45, 2.75) is 73.1 Å². The normalized spacial score (nSPS) is 25.5. The number of allylic oxidation sites excluding steroid dienone is 3. The summed E-state index contributed by atoms with van der Waals surface area (Å²) in [6.07, 6.45) is 6.66. The van der Waals surface area contributed by atoms with Crippen LogP contribution in [-0.2, 0) is 12.8 Å². The molecule has 1 fully saturated rings. The summed E-state index contributed by atoms with van der Waals surface area (Å²) in [4.78, 5) is 0. The topological polar surface area (TPSA) is 0 Å². The number of aryl methyl sites for hydroxylation is 1. The molecule has 0 N–H and O–H groups in total. The fourth-order valence-electron chi connectivity index (χ4n) is 6.06. The van der Waals surface area contributed by atoms with E-state index in [0.29, 0.717) is 17.8 Å². The maximum Gasteiger partial charge on any atom is -0.00697 e. The van der Waals surface area contributed by atoms with Gasteiger partial charge in [-0.05, 0) is 92.6 Å². The Balaban J connectivity index is 1.67. The molecule has 1 aliphatic carbocycles. The molecule has 0 saturated heterocycles. The van der Waals surface area contributed by atoms with Gasteiger partial charge in [0.2, 0.25) is 0 Å². The monoisotopic (exact) mass is 454 g/mol. The van der Waals surface area contributed by atoms with Crippen LogP contribution in [0.3, 0.4) is 0 Å². The fourth-order valence-corrected chi connectivity index (χ4v) is 6.06. The molecule has 3 rings (SSSR count). The second kappa shape index (κ2) is 11.4. The fraction of sp³-hybridized carbons (Fsp3) is 0.471. The Kier molecular flexibility index (Phi) is 8.80. The van der Waals surface area contributed by atoms with Gasteiger partial charge in [0, 0.05) is 0 Å². The molecule has 2 aromatic carbocycles. The van der Waals surface area contributed by atoms with Crippen molar-refractivity contribution in [1.29, 1.82) is 0 Å². The standard InChI is InChI=1S/C34H46/c1-24(2)32(21-30-12-10-9-11-13-30)20-28(6)34(8)22-27(5)29(7)33(23-34)19-26(4)18-31-16-14-25(3)15-17-31/h9-17,27,29,32-33H,1,4,6,18-23H2,2-3,5,7-8H3/t27-,29+,32?,33+,34+/m1/s1. The summed E-state index contributed by atoms with van der Waals surface area (Å²) in [5, 5.41) is 0. The van der Waals surface area contributed by atoms with E-state index in [9.17, 15) is 0 Å². The Bertz CT molecular complexity index is 976. The summed E-state index contributed by atoms with van der Waals surface area (Å²) in [7, 11) is 0. The van der Waals surface area contributed by atoms with Crippen molar-refractivity contribution in [3.63, 3.8) is 0 Å². The van der Waals surface area contributed by atoms with Crippen LogP contribution in [-0.4, -0.2) is 0 Å². The van der Waals surface area contributed by atoms with Gasteiger partial charge in [-0.1, -0.05) is 117 Å². The summed E-state index contributed by atoms with van der Waals surface area (Å²) in [6, 6.07) is 19.8.